The van der Waals surface area contributed by atoms with Crippen LogP contribution >= 0.6 is 11.3 Å². The first-order valence-corrected chi connectivity index (χ1v) is 9.38. The van der Waals surface area contributed by atoms with E-state index < -0.39 is 5.91 Å². The fraction of sp³-hybridized carbons (Fsp3) is 0.250. The second-order valence-electron chi connectivity index (χ2n) is 6.26. The Morgan fingerprint density at radius 3 is 2.81 bits per heavy atom. The van der Waals surface area contributed by atoms with E-state index in [1.54, 1.807) is 18.2 Å². The molecule has 0 bridgehead atoms. The minimum atomic E-state index is -0.523. The summed E-state index contributed by atoms with van der Waals surface area (Å²) < 4.78 is 10.6. The number of anilines is 1. The zero-order chi connectivity index (χ0) is 18.8. The van der Waals surface area contributed by atoms with Gasteiger partial charge in [0.05, 0.1) is 5.56 Å². The van der Waals surface area contributed by atoms with Crippen LogP contribution < -0.4 is 14.8 Å². The molecule has 134 valence electrons. The van der Waals surface area contributed by atoms with E-state index in [1.807, 2.05) is 6.07 Å². The monoisotopic (exact) mass is 377 g/mol. The summed E-state index contributed by atoms with van der Waals surface area (Å²) in [7, 11) is 0. The maximum absolute atomic E-state index is 12.6. The molecule has 6 nitrogen and oxygen atoms in total. The van der Waals surface area contributed by atoms with Gasteiger partial charge in [0.15, 0.2) is 11.5 Å². The van der Waals surface area contributed by atoms with E-state index in [1.165, 1.54) is 17.4 Å². The Morgan fingerprint density at radius 2 is 2.00 bits per heavy atom. The first-order chi connectivity index (χ1) is 13.2. The number of nitrogens with one attached hydrogen (secondary N) is 1. The van der Waals surface area contributed by atoms with E-state index in [0.29, 0.717) is 27.6 Å². The Labute approximate surface area is 160 Å². The molecule has 2 heterocycles. The number of rotatable bonds is 3. The van der Waals surface area contributed by atoms with Gasteiger partial charge >= 0.3 is 0 Å². The van der Waals surface area contributed by atoms with Crippen molar-refractivity contribution >= 4 is 28.3 Å². The Hall–Kier alpha value is -3.29. The highest BCUT2D eigenvalue weighted by molar-refractivity contribution is 7.16. The van der Waals surface area contributed by atoms with Crippen LogP contribution in [0.5, 0.6) is 11.5 Å². The smallest absolute Gasteiger partial charge is 0.266 e. The normalized spacial score (nSPS) is 14.8. The molecule has 2 aliphatic rings. The first kappa shape index (κ1) is 17.1. The zero-order valence-corrected chi connectivity index (χ0v) is 15.2. The summed E-state index contributed by atoms with van der Waals surface area (Å²) in [5.74, 6) is 0.697. The Kier molecular flexibility index (Phi) is 4.53. The van der Waals surface area contributed by atoms with E-state index in [-0.39, 0.29) is 12.4 Å². The number of aryl methyl sites for hydroxylation is 1. The van der Waals surface area contributed by atoms with Crippen LogP contribution in [0.2, 0.25) is 0 Å². The van der Waals surface area contributed by atoms with Crippen molar-refractivity contribution in [3.8, 4) is 23.6 Å². The molecule has 1 aromatic heterocycles. The quantitative estimate of drug-likeness (QED) is 0.649. The van der Waals surface area contributed by atoms with Crippen molar-refractivity contribution in [2.45, 2.75) is 25.7 Å². The number of hydrogen-bond acceptors (Lipinski definition) is 6. The number of hydrogen-bond donors (Lipinski definition) is 1. The van der Waals surface area contributed by atoms with Gasteiger partial charge in [0.1, 0.15) is 22.7 Å². The minimum Gasteiger partial charge on any atom is -0.454 e. The van der Waals surface area contributed by atoms with Crippen molar-refractivity contribution < 1.29 is 14.3 Å². The van der Waals surface area contributed by atoms with Crippen LogP contribution in [-0.4, -0.2) is 12.7 Å². The Bertz CT molecular complexity index is 1040. The maximum Gasteiger partial charge on any atom is 0.266 e. The fourth-order valence-corrected chi connectivity index (χ4v) is 4.50. The number of fused-ring (bicyclic) bond motifs is 2. The molecule has 0 atom stereocenters. The Balaban J connectivity index is 1.59. The summed E-state index contributed by atoms with van der Waals surface area (Å²) in [6.45, 7) is 0.161. The van der Waals surface area contributed by atoms with Gasteiger partial charge < -0.3 is 14.8 Å². The molecule has 1 N–H and O–H groups in total. The minimum absolute atomic E-state index is 0.0378. The molecule has 4 rings (SSSR count). The number of thiophene rings is 1. The van der Waals surface area contributed by atoms with Gasteiger partial charge in [0.25, 0.3) is 5.91 Å². The third-order valence-corrected chi connectivity index (χ3v) is 5.79. The van der Waals surface area contributed by atoms with E-state index >= 15 is 0 Å². The number of carbonyl (C=O) groups is 1. The van der Waals surface area contributed by atoms with Crippen LogP contribution in [0.4, 0.5) is 5.00 Å². The molecule has 0 radical (unpaired) electrons. The van der Waals surface area contributed by atoms with Crippen molar-refractivity contribution in [1.82, 2.24) is 0 Å². The molecule has 0 spiro atoms. The van der Waals surface area contributed by atoms with Crippen molar-refractivity contribution in [2.24, 2.45) is 0 Å². The molecule has 0 fully saturated rings. The summed E-state index contributed by atoms with van der Waals surface area (Å²) in [5.41, 5.74) is 2.20. The largest absolute Gasteiger partial charge is 0.454 e. The maximum atomic E-state index is 12.6. The molecule has 0 unspecified atom stereocenters. The summed E-state index contributed by atoms with van der Waals surface area (Å²) in [5, 5.41) is 22.2. The summed E-state index contributed by atoms with van der Waals surface area (Å²) in [6.07, 6.45) is 5.45. The molecular formula is C20H15N3O3S. The summed E-state index contributed by atoms with van der Waals surface area (Å²) in [4.78, 5) is 13.8. The lowest BCUT2D eigenvalue weighted by Gasteiger charge is -2.09. The van der Waals surface area contributed by atoms with Gasteiger partial charge in [-0.3, -0.25) is 4.79 Å². The predicted molar refractivity (Wildman–Crippen MR) is 100 cm³/mol. The van der Waals surface area contributed by atoms with Crippen molar-refractivity contribution in [3.63, 3.8) is 0 Å². The van der Waals surface area contributed by atoms with Crippen molar-refractivity contribution in [2.75, 3.05) is 12.1 Å². The average molecular weight is 377 g/mol. The molecule has 27 heavy (non-hydrogen) atoms. The van der Waals surface area contributed by atoms with Crippen LogP contribution in [-0.2, 0) is 17.6 Å². The van der Waals surface area contributed by atoms with Crippen LogP contribution in [0.25, 0.3) is 6.08 Å². The number of ether oxygens (including phenoxy) is 2. The number of nitrogens with zero attached hydrogens (tertiary/aromatic N) is 2. The summed E-state index contributed by atoms with van der Waals surface area (Å²) in [6, 6.07) is 9.35. The fourth-order valence-electron chi connectivity index (χ4n) is 3.26. The van der Waals surface area contributed by atoms with Crippen LogP contribution in [0.3, 0.4) is 0 Å². The van der Waals surface area contributed by atoms with E-state index in [9.17, 15) is 15.3 Å². The number of nitriles is 2. The van der Waals surface area contributed by atoms with Crippen molar-refractivity contribution in [3.05, 3.63) is 45.3 Å². The lowest BCUT2D eigenvalue weighted by Crippen LogP contribution is -2.13. The van der Waals surface area contributed by atoms with Gasteiger partial charge in [0, 0.05) is 4.88 Å². The molecule has 0 saturated heterocycles. The molecule has 1 aromatic carbocycles. The lowest BCUT2D eigenvalue weighted by atomic mass is 9.96. The van der Waals surface area contributed by atoms with E-state index in [4.69, 9.17) is 9.47 Å². The standard InChI is InChI=1S/C20H15N3O3S/c21-9-13(7-12-5-6-16-17(8-12)26-11-25-16)19(24)23-20-15(10-22)14-3-1-2-4-18(14)27-20/h5-8H,1-4,11H2,(H,23,24)/b13-7+. The highest BCUT2D eigenvalue weighted by Crippen LogP contribution is 2.38. The summed E-state index contributed by atoms with van der Waals surface area (Å²) >= 11 is 1.44. The van der Waals surface area contributed by atoms with Gasteiger partial charge in [0.2, 0.25) is 6.79 Å². The topological polar surface area (TPSA) is 95.1 Å². The lowest BCUT2D eigenvalue weighted by molar-refractivity contribution is -0.112. The van der Waals surface area contributed by atoms with E-state index in [0.717, 1.165) is 36.1 Å². The highest BCUT2D eigenvalue weighted by Gasteiger charge is 2.23. The van der Waals surface area contributed by atoms with Crippen LogP contribution in [0.15, 0.2) is 23.8 Å². The van der Waals surface area contributed by atoms with Gasteiger partial charge in [-0.1, -0.05) is 6.07 Å². The first-order valence-electron chi connectivity index (χ1n) is 8.57. The molecule has 1 aliphatic heterocycles. The third kappa shape index (κ3) is 3.25. The second-order valence-corrected chi connectivity index (χ2v) is 7.37. The average Bonchev–Trinajstić information content (AvgIpc) is 3.29. The second kappa shape index (κ2) is 7.14. The zero-order valence-electron chi connectivity index (χ0n) is 14.4. The number of benzene rings is 1. The molecule has 7 heteroatoms. The van der Waals surface area contributed by atoms with Crippen LogP contribution in [0.1, 0.15) is 34.4 Å². The predicted octanol–water partition coefficient (Wildman–Crippen LogP) is 3.77. The highest BCUT2D eigenvalue weighted by atomic mass is 32.1. The Morgan fingerprint density at radius 1 is 1.19 bits per heavy atom. The van der Waals surface area contributed by atoms with Gasteiger partial charge in [-0.15, -0.1) is 11.3 Å². The molecule has 0 saturated carbocycles. The molecular weight excluding hydrogens is 362 g/mol. The SMILES string of the molecule is N#C/C(=C\c1ccc2c(c1)OCO2)C(=O)Nc1sc2c(c1C#N)CCCC2. The van der Waals surface area contributed by atoms with E-state index in [2.05, 4.69) is 11.4 Å². The number of carbonyl (C=O) groups excluding carboxylic acids is 1. The molecule has 1 aliphatic carbocycles. The van der Waals surface area contributed by atoms with Gasteiger partial charge in [-0.2, -0.15) is 10.5 Å². The third-order valence-electron chi connectivity index (χ3n) is 4.58. The van der Waals surface area contributed by atoms with Gasteiger partial charge in [-0.05, 0) is 55.0 Å². The molecule has 1 amide bonds. The van der Waals surface area contributed by atoms with Crippen LogP contribution in [0, 0.1) is 22.7 Å². The van der Waals surface area contributed by atoms with Crippen molar-refractivity contribution in [1.29, 1.82) is 10.5 Å². The van der Waals surface area contributed by atoms with Gasteiger partial charge in [-0.25, -0.2) is 0 Å². The number of amides is 1. The molecule has 2 aromatic rings.